The third-order valence-electron chi connectivity index (χ3n) is 5.99. The maximum atomic E-state index is 9.46. The molecule has 0 unspecified atom stereocenters. The summed E-state index contributed by atoms with van der Waals surface area (Å²) in [4.78, 5) is 7.07. The van der Waals surface area contributed by atoms with Crippen molar-refractivity contribution in [3.05, 3.63) is 22.5 Å². The minimum Gasteiger partial charge on any atom is -0.444 e. The van der Waals surface area contributed by atoms with Crippen LogP contribution in [0.2, 0.25) is 0 Å². The number of aromatic nitrogens is 1. The molecule has 0 spiro atoms. The van der Waals surface area contributed by atoms with Crippen molar-refractivity contribution in [1.29, 1.82) is 5.26 Å². The van der Waals surface area contributed by atoms with Crippen LogP contribution in [0.3, 0.4) is 0 Å². The highest BCUT2D eigenvalue weighted by molar-refractivity contribution is 9.10. The van der Waals surface area contributed by atoms with E-state index in [1.807, 2.05) is 6.07 Å². The van der Waals surface area contributed by atoms with E-state index in [-0.39, 0.29) is 0 Å². The molecular weight excluding hydrogens is 408 g/mol. The van der Waals surface area contributed by atoms with E-state index in [1.165, 1.54) is 25.8 Å². The van der Waals surface area contributed by atoms with E-state index in [0.717, 1.165) is 41.5 Å². The zero-order valence-corrected chi connectivity index (χ0v) is 16.9. The Hall–Kier alpha value is -1.62. The first-order valence-corrected chi connectivity index (χ1v) is 10.6. The van der Waals surface area contributed by atoms with Gasteiger partial charge in [0.2, 0.25) is 5.76 Å². The maximum absolute atomic E-state index is 9.46. The Morgan fingerprint density at radius 3 is 2.89 bits per heavy atom. The molecule has 27 heavy (non-hydrogen) atoms. The zero-order valence-electron chi connectivity index (χ0n) is 15.3. The van der Waals surface area contributed by atoms with Crippen LogP contribution in [0.25, 0.3) is 11.0 Å². The number of halogens is 1. The van der Waals surface area contributed by atoms with E-state index in [1.54, 1.807) is 12.3 Å². The van der Waals surface area contributed by atoms with Crippen LogP contribution in [0.1, 0.15) is 44.3 Å². The molecule has 1 aliphatic heterocycles. The van der Waals surface area contributed by atoms with Crippen molar-refractivity contribution in [3.8, 4) is 6.07 Å². The Morgan fingerprint density at radius 2 is 2.15 bits per heavy atom. The molecular formula is C20H25BrN4O2. The number of aliphatic hydroxyl groups excluding tert-OH is 1. The molecule has 2 aromatic rings. The highest BCUT2D eigenvalue weighted by atomic mass is 79.9. The van der Waals surface area contributed by atoms with E-state index in [9.17, 15) is 5.11 Å². The van der Waals surface area contributed by atoms with Crippen molar-refractivity contribution >= 4 is 32.7 Å². The van der Waals surface area contributed by atoms with Crippen molar-refractivity contribution in [2.24, 2.45) is 5.92 Å². The highest BCUT2D eigenvalue weighted by Gasteiger charge is 2.29. The van der Waals surface area contributed by atoms with Gasteiger partial charge in [0.15, 0.2) is 5.58 Å². The number of aliphatic hydroxyl groups is 1. The SMILES string of the molecule is N#Cc1cc2c(Br)c(NC3CCC(N4CCC[C@H](CO)C4)CC3)ncc2o1. The summed E-state index contributed by atoms with van der Waals surface area (Å²) in [7, 11) is 0. The molecule has 3 heterocycles. The summed E-state index contributed by atoms with van der Waals surface area (Å²) in [5.41, 5.74) is 0.621. The summed E-state index contributed by atoms with van der Waals surface area (Å²) in [5.74, 6) is 1.57. The standard InChI is InChI=1S/C20H25BrN4O2/c21-19-17-8-16(9-22)27-18(17)10-23-20(19)24-14-3-5-15(6-4-14)25-7-1-2-13(11-25)12-26/h8,10,13-15,26H,1-7,11-12H2,(H,23,24)/t13-,14?,15?/m0/s1. The van der Waals surface area contributed by atoms with E-state index in [2.05, 4.69) is 31.1 Å². The van der Waals surface area contributed by atoms with Crippen LogP contribution < -0.4 is 5.32 Å². The molecule has 1 saturated carbocycles. The van der Waals surface area contributed by atoms with Crippen LogP contribution in [-0.2, 0) is 0 Å². The van der Waals surface area contributed by atoms with E-state index < -0.39 is 0 Å². The summed E-state index contributed by atoms with van der Waals surface area (Å²) in [6.07, 6.45) is 8.64. The lowest BCUT2D eigenvalue weighted by Crippen LogP contribution is -2.46. The molecule has 144 valence electrons. The van der Waals surface area contributed by atoms with Crippen LogP contribution in [0.4, 0.5) is 5.82 Å². The van der Waals surface area contributed by atoms with Gasteiger partial charge >= 0.3 is 0 Å². The van der Waals surface area contributed by atoms with Gasteiger partial charge in [0.1, 0.15) is 11.9 Å². The molecule has 0 aromatic carbocycles. The van der Waals surface area contributed by atoms with Crippen molar-refractivity contribution in [2.45, 2.75) is 50.6 Å². The molecule has 0 bridgehead atoms. The van der Waals surface area contributed by atoms with Gasteiger partial charge in [0, 0.05) is 36.7 Å². The smallest absolute Gasteiger partial charge is 0.204 e. The molecule has 6 nitrogen and oxygen atoms in total. The summed E-state index contributed by atoms with van der Waals surface area (Å²) in [5, 5.41) is 22.9. The van der Waals surface area contributed by atoms with Crippen molar-refractivity contribution in [1.82, 2.24) is 9.88 Å². The third kappa shape index (κ3) is 3.98. The topological polar surface area (TPSA) is 85.3 Å². The first-order chi connectivity index (χ1) is 13.2. The number of furan rings is 1. The second-order valence-corrected chi connectivity index (χ2v) is 8.55. The first-order valence-electron chi connectivity index (χ1n) is 9.77. The maximum Gasteiger partial charge on any atom is 0.204 e. The van der Waals surface area contributed by atoms with E-state index >= 15 is 0 Å². The fourth-order valence-corrected chi connectivity index (χ4v) is 5.02. The largest absolute Gasteiger partial charge is 0.444 e. The lowest BCUT2D eigenvalue weighted by atomic mass is 9.88. The number of likely N-dealkylation sites (tertiary alicyclic amines) is 1. The minimum absolute atomic E-state index is 0.299. The number of nitriles is 1. The lowest BCUT2D eigenvalue weighted by molar-refractivity contribution is 0.0708. The average molecular weight is 433 g/mol. The number of rotatable bonds is 4. The number of piperidine rings is 1. The fourth-order valence-electron chi connectivity index (χ4n) is 4.49. The Bertz CT molecular complexity index is 838. The van der Waals surface area contributed by atoms with Gasteiger partial charge in [-0.3, -0.25) is 0 Å². The van der Waals surface area contributed by atoms with Crippen LogP contribution >= 0.6 is 15.9 Å². The summed E-state index contributed by atoms with van der Waals surface area (Å²) in [6, 6.07) is 4.83. The monoisotopic (exact) mass is 432 g/mol. The van der Waals surface area contributed by atoms with Gasteiger partial charge in [-0.05, 0) is 66.9 Å². The van der Waals surface area contributed by atoms with Crippen molar-refractivity contribution in [2.75, 3.05) is 25.0 Å². The number of nitrogens with zero attached hydrogens (tertiary/aromatic N) is 3. The van der Waals surface area contributed by atoms with Gasteiger partial charge in [-0.1, -0.05) is 0 Å². The summed E-state index contributed by atoms with van der Waals surface area (Å²) >= 11 is 3.61. The molecule has 0 amide bonds. The molecule has 0 radical (unpaired) electrons. The van der Waals surface area contributed by atoms with E-state index in [4.69, 9.17) is 9.68 Å². The van der Waals surface area contributed by atoms with Gasteiger partial charge < -0.3 is 19.7 Å². The summed E-state index contributed by atoms with van der Waals surface area (Å²) in [6.45, 7) is 2.53. The Balaban J connectivity index is 1.37. The molecule has 1 aliphatic carbocycles. The number of anilines is 1. The number of nitrogens with one attached hydrogen (secondary N) is 1. The molecule has 2 N–H and O–H groups in total. The van der Waals surface area contributed by atoms with Gasteiger partial charge in [-0.2, -0.15) is 5.26 Å². The van der Waals surface area contributed by atoms with Crippen molar-refractivity contribution < 1.29 is 9.52 Å². The van der Waals surface area contributed by atoms with Gasteiger partial charge in [0.25, 0.3) is 0 Å². The van der Waals surface area contributed by atoms with Crippen LogP contribution in [0, 0.1) is 17.2 Å². The third-order valence-corrected chi connectivity index (χ3v) is 6.79. The predicted molar refractivity (Wildman–Crippen MR) is 107 cm³/mol. The molecule has 2 aromatic heterocycles. The second kappa shape index (κ2) is 8.17. The van der Waals surface area contributed by atoms with Gasteiger partial charge in [-0.25, -0.2) is 4.98 Å². The Labute approximate surface area is 167 Å². The lowest BCUT2D eigenvalue weighted by Gasteiger charge is -2.41. The Morgan fingerprint density at radius 1 is 1.33 bits per heavy atom. The van der Waals surface area contributed by atoms with Gasteiger partial charge in [0.05, 0.1) is 10.7 Å². The van der Waals surface area contributed by atoms with E-state index in [0.29, 0.717) is 36.0 Å². The van der Waals surface area contributed by atoms with Crippen LogP contribution in [0.5, 0.6) is 0 Å². The minimum atomic E-state index is 0.299. The first kappa shape index (κ1) is 18.7. The molecule has 2 fully saturated rings. The average Bonchev–Trinajstić information content (AvgIpc) is 3.15. The van der Waals surface area contributed by atoms with Crippen LogP contribution in [0.15, 0.2) is 21.2 Å². The molecule has 7 heteroatoms. The Kier molecular flexibility index (Phi) is 5.67. The molecule has 4 rings (SSSR count). The number of fused-ring (bicyclic) bond motifs is 1. The zero-order chi connectivity index (χ0) is 18.8. The van der Waals surface area contributed by atoms with Gasteiger partial charge in [-0.15, -0.1) is 0 Å². The van der Waals surface area contributed by atoms with Crippen LogP contribution in [-0.4, -0.2) is 46.8 Å². The number of hydrogen-bond donors (Lipinski definition) is 2. The predicted octanol–water partition coefficient (Wildman–Crippen LogP) is 3.89. The quantitative estimate of drug-likeness (QED) is 0.761. The number of pyridine rings is 1. The highest BCUT2D eigenvalue weighted by Crippen LogP contribution is 2.34. The molecule has 1 saturated heterocycles. The fraction of sp³-hybridized carbons (Fsp3) is 0.600. The molecule has 1 atom stereocenters. The van der Waals surface area contributed by atoms with Crippen molar-refractivity contribution in [3.63, 3.8) is 0 Å². The second-order valence-electron chi connectivity index (χ2n) is 7.76. The summed E-state index contributed by atoms with van der Waals surface area (Å²) < 4.78 is 6.29. The number of hydrogen-bond acceptors (Lipinski definition) is 6. The molecule has 2 aliphatic rings. The normalized spacial score (nSPS) is 26.8.